The van der Waals surface area contributed by atoms with Crippen LogP contribution in [-0.4, -0.2) is 9.97 Å². The fraction of sp³-hybridized carbons (Fsp3) is 0.200. The smallest absolute Gasteiger partial charge is 0.197 e. The highest BCUT2D eigenvalue weighted by atomic mass is 35.5. The summed E-state index contributed by atoms with van der Waals surface area (Å²) in [5.74, 6) is 1.20. The summed E-state index contributed by atoms with van der Waals surface area (Å²) in [6, 6.07) is 11.6. The van der Waals surface area contributed by atoms with Crippen molar-refractivity contribution in [3.63, 3.8) is 0 Å². The van der Waals surface area contributed by atoms with Crippen molar-refractivity contribution in [2.45, 2.75) is 19.8 Å². The summed E-state index contributed by atoms with van der Waals surface area (Å²) < 4.78 is 5.76. The minimum atomic E-state index is 0.453. The minimum absolute atomic E-state index is 0.453. The highest BCUT2D eigenvalue weighted by Gasteiger charge is 2.10. The van der Waals surface area contributed by atoms with Crippen molar-refractivity contribution in [1.29, 1.82) is 0 Å². The molecule has 2 heterocycles. The highest BCUT2D eigenvalue weighted by molar-refractivity contribution is 6.29. The van der Waals surface area contributed by atoms with Gasteiger partial charge in [-0.2, -0.15) is 0 Å². The third-order valence-corrected chi connectivity index (χ3v) is 3.09. The van der Waals surface area contributed by atoms with Crippen molar-refractivity contribution in [1.82, 2.24) is 9.97 Å². The first-order chi connectivity index (χ1) is 9.26. The predicted molar refractivity (Wildman–Crippen MR) is 76.2 cm³/mol. The predicted octanol–water partition coefficient (Wildman–Crippen LogP) is 4.50. The molecular formula is C15H13ClN2O. The summed E-state index contributed by atoms with van der Waals surface area (Å²) in [7, 11) is 0. The van der Waals surface area contributed by atoms with E-state index in [2.05, 4.69) is 16.9 Å². The van der Waals surface area contributed by atoms with E-state index in [1.807, 2.05) is 30.3 Å². The Morgan fingerprint density at radius 3 is 2.79 bits per heavy atom. The van der Waals surface area contributed by atoms with Crippen molar-refractivity contribution < 1.29 is 4.42 Å². The van der Waals surface area contributed by atoms with Crippen LogP contribution >= 0.6 is 11.6 Å². The largest absolute Gasteiger partial charge is 0.453 e. The molecule has 3 nitrogen and oxygen atoms in total. The second-order valence-electron chi connectivity index (χ2n) is 4.40. The van der Waals surface area contributed by atoms with Crippen LogP contribution in [0, 0.1) is 0 Å². The van der Waals surface area contributed by atoms with Crippen molar-refractivity contribution >= 4 is 22.6 Å². The van der Waals surface area contributed by atoms with Gasteiger partial charge >= 0.3 is 0 Å². The average molecular weight is 273 g/mol. The topological polar surface area (TPSA) is 38.9 Å². The number of aryl methyl sites for hydroxylation is 1. The molecule has 0 bridgehead atoms. The standard InChI is InChI=1S/C15H13ClN2O/c1-2-5-11-9-14(16)18-15(17-11)13-8-10-6-3-4-7-12(10)19-13/h3-4,6-9H,2,5H2,1H3. The Morgan fingerprint density at radius 2 is 2.00 bits per heavy atom. The number of fused-ring (bicyclic) bond motifs is 1. The summed E-state index contributed by atoms with van der Waals surface area (Å²) in [4.78, 5) is 8.74. The zero-order chi connectivity index (χ0) is 13.2. The Labute approximate surface area is 116 Å². The molecule has 0 amide bonds. The van der Waals surface area contributed by atoms with Crippen molar-refractivity contribution in [2.24, 2.45) is 0 Å². The van der Waals surface area contributed by atoms with Gasteiger partial charge in [0.15, 0.2) is 11.6 Å². The zero-order valence-corrected chi connectivity index (χ0v) is 11.3. The SMILES string of the molecule is CCCc1cc(Cl)nc(-c2cc3ccccc3o2)n1. The number of hydrogen-bond acceptors (Lipinski definition) is 3. The first-order valence-electron chi connectivity index (χ1n) is 6.28. The monoisotopic (exact) mass is 272 g/mol. The van der Waals surface area contributed by atoms with Crippen LogP contribution in [0.25, 0.3) is 22.6 Å². The summed E-state index contributed by atoms with van der Waals surface area (Å²) >= 11 is 6.04. The second kappa shape index (κ2) is 5.02. The van der Waals surface area contributed by atoms with Gasteiger partial charge < -0.3 is 4.42 Å². The molecule has 0 aliphatic carbocycles. The van der Waals surface area contributed by atoms with E-state index in [1.54, 1.807) is 6.07 Å². The van der Waals surface area contributed by atoms with Gasteiger partial charge in [-0.1, -0.05) is 43.1 Å². The molecule has 1 aromatic carbocycles. The molecule has 0 N–H and O–H groups in total. The van der Waals surface area contributed by atoms with Gasteiger partial charge in [-0.3, -0.25) is 0 Å². The van der Waals surface area contributed by atoms with Gasteiger partial charge in [0.1, 0.15) is 10.7 Å². The average Bonchev–Trinajstić information content (AvgIpc) is 2.82. The lowest BCUT2D eigenvalue weighted by Gasteiger charge is -2.01. The molecule has 0 saturated heterocycles. The first-order valence-corrected chi connectivity index (χ1v) is 6.66. The van der Waals surface area contributed by atoms with Crippen LogP contribution in [0.5, 0.6) is 0 Å². The lowest BCUT2D eigenvalue weighted by Crippen LogP contribution is -1.95. The van der Waals surface area contributed by atoms with Crippen molar-refractivity contribution in [3.8, 4) is 11.6 Å². The van der Waals surface area contributed by atoms with Crippen LogP contribution in [0.1, 0.15) is 19.0 Å². The molecule has 19 heavy (non-hydrogen) atoms. The molecule has 0 saturated carbocycles. The molecular weight excluding hydrogens is 260 g/mol. The van der Waals surface area contributed by atoms with E-state index in [4.69, 9.17) is 16.0 Å². The van der Waals surface area contributed by atoms with E-state index in [0.717, 1.165) is 29.5 Å². The normalized spacial score (nSPS) is 11.1. The highest BCUT2D eigenvalue weighted by Crippen LogP contribution is 2.26. The summed E-state index contributed by atoms with van der Waals surface area (Å²) in [5.41, 5.74) is 1.77. The van der Waals surface area contributed by atoms with E-state index in [-0.39, 0.29) is 0 Å². The molecule has 3 rings (SSSR count). The quantitative estimate of drug-likeness (QED) is 0.659. The molecule has 0 radical (unpaired) electrons. The van der Waals surface area contributed by atoms with Gasteiger partial charge in [0, 0.05) is 11.1 Å². The van der Waals surface area contributed by atoms with E-state index in [1.165, 1.54) is 0 Å². The Kier molecular flexibility index (Phi) is 3.22. The zero-order valence-electron chi connectivity index (χ0n) is 10.6. The van der Waals surface area contributed by atoms with E-state index >= 15 is 0 Å². The number of aromatic nitrogens is 2. The van der Waals surface area contributed by atoms with E-state index < -0.39 is 0 Å². The lowest BCUT2D eigenvalue weighted by atomic mass is 10.2. The molecule has 0 aliphatic rings. The van der Waals surface area contributed by atoms with Gasteiger partial charge in [-0.15, -0.1) is 0 Å². The number of benzene rings is 1. The van der Waals surface area contributed by atoms with Crippen LogP contribution in [0.4, 0.5) is 0 Å². The Balaban J connectivity index is 2.09. The molecule has 96 valence electrons. The van der Waals surface area contributed by atoms with Crippen LogP contribution in [-0.2, 0) is 6.42 Å². The van der Waals surface area contributed by atoms with Gasteiger partial charge in [0.25, 0.3) is 0 Å². The Hall–Kier alpha value is -1.87. The minimum Gasteiger partial charge on any atom is -0.453 e. The van der Waals surface area contributed by atoms with Crippen LogP contribution in [0.2, 0.25) is 5.15 Å². The molecule has 0 spiro atoms. The Bertz CT molecular complexity index is 688. The first kappa shape index (κ1) is 12.2. The van der Waals surface area contributed by atoms with Gasteiger partial charge in [0.05, 0.1) is 0 Å². The maximum atomic E-state index is 6.04. The Morgan fingerprint density at radius 1 is 1.16 bits per heavy atom. The number of para-hydroxylation sites is 1. The van der Waals surface area contributed by atoms with Gasteiger partial charge in [-0.25, -0.2) is 9.97 Å². The van der Waals surface area contributed by atoms with Crippen molar-refractivity contribution in [2.75, 3.05) is 0 Å². The van der Waals surface area contributed by atoms with E-state index in [0.29, 0.717) is 16.7 Å². The fourth-order valence-corrected chi connectivity index (χ4v) is 2.26. The number of rotatable bonds is 3. The number of hydrogen-bond donors (Lipinski definition) is 0. The maximum Gasteiger partial charge on any atom is 0.197 e. The molecule has 0 atom stereocenters. The van der Waals surface area contributed by atoms with Crippen LogP contribution < -0.4 is 0 Å². The third-order valence-electron chi connectivity index (χ3n) is 2.90. The molecule has 0 fully saturated rings. The van der Waals surface area contributed by atoms with Crippen molar-refractivity contribution in [3.05, 3.63) is 47.2 Å². The number of halogens is 1. The fourth-order valence-electron chi connectivity index (χ4n) is 2.05. The third kappa shape index (κ3) is 2.47. The summed E-state index contributed by atoms with van der Waals surface area (Å²) in [6.07, 6.45) is 1.91. The molecule has 3 aromatic rings. The molecule has 4 heteroatoms. The van der Waals surface area contributed by atoms with Crippen LogP contribution in [0.15, 0.2) is 40.8 Å². The summed E-state index contributed by atoms with van der Waals surface area (Å²) in [6.45, 7) is 2.11. The van der Waals surface area contributed by atoms with Gasteiger partial charge in [0.2, 0.25) is 0 Å². The lowest BCUT2D eigenvalue weighted by molar-refractivity contribution is 0.624. The van der Waals surface area contributed by atoms with Crippen LogP contribution in [0.3, 0.4) is 0 Å². The molecule has 0 aliphatic heterocycles. The van der Waals surface area contributed by atoms with E-state index in [9.17, 15) is 0 Å². The summed E-state index contributed by atoms with van der Waals surface area (Å²) in [5, 5.41) is 1.49. The molecule has 2 aromatic heterocycles. The number of furan rings is 1. The maximum absolute atomic E-state index is 6.04. The second-order valence-corrected chi connectivity index (χ2v) is 4.79. The molecule has 0 unspecified atom stereocenters. The number of nitrogens with zero attached hydrogens (tertiary/aromatic N) is 2. The van der Waals surface area contributed by atoms with Gasteiger partial charge in [-0.05, 0) is 24.6 Å².